The zero-order chi connectivity index (χ0) is 36.4. The molecule has 0 saturated carbocycles. The molecule has 2 heterocycles. The summed E-state index contributed by atoms with van der Waals surface area (Å²) in [7, 11) is -9.13. The number of amides is 1. The number of rotatable bonds is 14. The summed E-state index contributed by atoms with van der Waals surface area (Å²) in [6.07, 6.45) is -1.94. The van der Waals surface area contributed by atoms with E-state index in [0.29, 0.717) is 5.56 Å². The molecule has 0 radical (unpaired) electrons. The monoisotopic (exact) mass is 721 g/mol. The van der Waals surface area contributed by atoms with Gasteiger partial charge in [-0.05, 0) is 58.5 Å². The van der Waals surface area contributed by atoms with Crippen molar-refractivity contribution >= 4 is 37.2 Å². The Balaban J connectivity index is 2.12. The maximum atomic E-state index is 13.6. The molecule has 1 fully saturated rings. The first-order valence-corrected chi connectivity index (χ1v) is 24.0. The molecule has 1 aromatic heterocycles. The van der Waals surface area contributed by atoms with Crippen LogP contribution < -0.4 is 11.0 Å². The number of ether oxygens (including phenoxy) is 1. The molecule has 1 aliphatic heterocycles. The Morgan fingerprint density at radius 2 is 1.50 bits per heavy atom. The SMILES string of the molecule is CC(C)[Si](O)(O[Si](O[C@H]1[C@@H](O[Si](C)(C)C(C)(C)C)[C@H](n2ccc(NC(=O)c3ccccc3)nc2=O)O[C@@H]1CO)(C(C)C)C(C)C)C(C)C. The molecule has 1 aliphatic rings. The van der Waals surface area contributed by atoms with Crippen molar-refractivity contribution in [3.8, 4) is 0 Å². The summed E-state index contributed by atoms with van der Waals surface area (Å²) >= 11 is 0. The van der Waals surface area contributed by atoms with Gasteiger partial charge >= 0.3 is 22.8 Å². The second kappa shape index (κ2) is 15.5. The number of nitrogens with one attached hydrogen (secondary N) is 1. The number of aromatic nitrogens is 2. The molecular formula is C34H59N3O8Si3. The number of hydrogen-bond acceptors (Lipinski definition) is 9. The number of carbonyl (C=O) groups is 1. The van der Waals surface area contributed by atoms with E-state index in [1.807, 2.05) is 33.8 Å². The van der Waals surface area contributed by atoms with Crippen LogP contribution in [-0.4, -0.2) is 75.7 Å². The van der Waals surface area contributed by atoms with Crippen LogP contribution in [-0.2, 0) is 17.7 Å². The van der Waals surface area contributed by atoms with Crippen molar-refractivity contribution in [2.45, 2.75) is 141 Å². The van der Waals surface area contributed by atoms with E-state index in [2.05, 4.69) is 71.9 Å². The average Bonchev–Trinajstić information content (AvgIpc) is 3.31. The van der Waals surface area contributed by atoms with E-state index < -0.39 is 55.7 Å². The van der Waals surface area contributed by atoms with E-state index in [1.54, 1.807) is 30.3 Å². The van der Waals surface area contributed by atoms with Crippen molar-refractivity contribution in [1.29, 1.82) is 0 Å². The Morgan fingerprint density at radius 1 is 0.938 bits per heavy atom. The topological polar surface area (TPSA) is 141 Å². The number of aliphatic hydroxyl groups excluding tert-OH is 1. The van der Waals surface area contributed by atoms with E-state index in [0.717, 1.165) is 0 Å². The van der Waals surface area contributed by atoms with Crippen molar-refractivity contribution in [3.63, 3.8) is 0 Å². The smallest absolute Gasteiger partial charge is 0.351 e. The van der Waals surface area contributed by atoms with E-state index in [9.17, 15) is 19.5 Å². The maximum absolute atomic E-state index is 13.6. The van der Waals surface area contributed by atoms with Crippen molar-refractivity contribution in [3.05, 3.63) is 58.6 Å². The zero-order valence-electron chi connectivity index (χ0n) is 31.1. The predicted molar refractivity (Wildman–Crippen MR) is 196 cm³/mol. The number of hydrogen-bond donors (Lipinski definition) is 3. The minimum atomic E-state index is -3.30. The van der Waals surface area contributed by atoms with Gasteiger partial charge in [0.1, 0.15) is 24.1 Å². The van der Waals surface area contributed by atoms with E-state index >= 15 is 0 Å². The van der Waals surface area contributed by atoms with Crippen molar-refractivity contribution < 1.29 is 32.4 Å². The van der Waals surface area contributed by atoms with Gasteiger partial charge in [0, 0.05) is 11.8 Å². The van der Waals surface area contributed by atoms with Gasteiger partial charge in [-0.25, -0.2) is 4.79 Å². The van der Waals surface area contributed by atoms with Crippen LogP contribution in [0.15, 0.2) is 47.4 Å². The quantitative estimate of drug-likeness (QED) is 0.182. The molecule has 4 atom stereocenters. The molecule has 1 amide bonds. The van der Waals surface area contributed by atoms with Crippen LogP contribution in [0, 0.1) is 0 Å². The molecule has 14 heteroatoms. The molecule has 48 heavy (non-hydrogen) atoms. The van der Waals surface area contributed by atoms with Crippen LogP contribution in [0.5, 0.6) is 0 Å². The van der Waals surface area contributed by atoms with Gasteiger partial charge in [-0.3, -0.25) is 9.36 Å². The van der Waals surface area contributed by atoms with Crippen LogP contribution in [0.25, 0.3) is 0 Å². The summed E-state index contributed by atoms with van der Waals surface area (Å²) < 4.78 is 29.1. The van der Waals surface area contributed by atoms with Gasteiger partial charge in [-0.1, -0.05) is 94.4 Å². The van der Waals surface area contributed by atoms with Crippen molar-refractivity contribution in [2.24, 2.45) is 0 Å². The number of benzene rings is 1. The normalized spacial score (nSPS) is 21.1. The average molecular weight is 722 g/mol. The van der Waals surface area contributed by atoms with Crippen LogP contribution >= 0.6 is 0 Å². The first kappa shape index (κ1) is 40.4. The lowest BCUT2D eigenvalue weighted by molar-refractivity contribution is -0.0536. The van der Waals surface area contributed by atoms with Crippen LogP contribution in [0.2, 0.25) is 40.3 Å². The minimum absolute atomic E-state index is 0.0714. The fourth-order valence-corrected chi connectivity index (χ4v) is 17.1. The zero-order valence-corrected chi connectivity index (χ0v) is 34.1. The molecule has 0 spiro atoms. The lowest BCUT2D eigenvalue weighted by Gasteiger charge is -2.48. The molecule has 2 aromatic rings. The first-order chi connectivity index (χ1) is 22.1. The molecule has 270 valence electrons. The summed E-state index contributed by atoms with van der Waals surface area (Å²) in [5.41, 5.74) is -0.532. The lowest BCUT2D eigenvalue weighted by atomic mass is 10.1. The van der Waals surface area contributed by atoms with Crippen LogP contribution in [0.4, 0.5) is 5.82 Å². The standard InChI is InChI=1S/C34H59N3O8Si3/c1-22(2)47(41,23(3)4)45-48(24(5)6,25(7)8)44-29-27(21-38)42-32(30(29)43-46(12,13)34(9,10)11)37-20-19-28(36-33(37)40)35-31(39)26-17-15-14-16-18-26/h14-20,22-25,27,29-30,32,38,41H,21H2,1-13H3,(H,35,36,39,40)/t27-,29-,30-,32-/m1/s1. The molecule has 0 unspecified atom stereocenters. The highest BCUT2D eigenvalue weighted by atomic mass is 28.5. The van der Waals surface area contributed by atoms with Gasteiger partial charge in [-0.2, -0.15) is 4.98 Å². The van der Waals surface area contributed by atoms with Gasteiger partial charge in [0.05, 0.1) is 6.61 Å². The molecule has 3 rings (SSSR count). The van der Waals surface area contributed by atoms with Gasteiger partial charge < -0.3 is 32.9 Å². The molecule has 0 aliphatic carbocycles. The third-order valence-electron chi connectivity index (χ3n) is 9.99. The number of anilines is 1. The minimum Gasteiger partial charge on any atom is -0.414 e. The summed E-state index contributed by atoms with van der Waals surface area (Å²) in [5, 5.41) is 13.2. The van der Waals surface area contributed by atoms with Crippen molar-refractivity contribution in [1.82, 2.24) is 9.55 Å². The summed E-state index contributed by atoms with van der Waals surface area (Å²) in [6, 6.07) is 10.2. The van der Waals surface area contributed by atoms with Crippen LogP contribution in [0.1, 0.15) is 92.7 Å². The molecular weight excluding hydrogens is 663 g/mol. The van der Waals surface area contributed by atoms with Crippen LogP contribution in [0.3, 0.4) is 0 Å². The Bertz CT molecular complexity index is 1410. The first-order valence-electron chi connectivity index (χ1n) is 17.1. The van der Waals surface area contributed by atoms with E-state index in [-0.39, 0.29) is 45.5 Å². The third kappa shape index (κ3) is 8.46. The summed E-state index contributed by atoms with van der Waals surface area (Å²) in [4.78, 5) is 42.6. The highest BCUT2D eigenvalue weighted by Crippen LogP contribution is 2.47. The summed E-state index contributed by atoms with van der Waals surface area (Å²) in [6.45, 7) is 26.4. The molecule has 11 nitrogen and oxygen atoms in total. The Morgan fingerprint density at radius 3 is 1.96 bits per heavy atom. The molecule has 1 aromatic carbocycles. The number of carbonyl (C=O) groups excluding carboxylic acids is 1. The molecule has 0 bridgehead atoms. The largest absolute Gasteiger partial charge is 0.414 e. The van der Waals surface area contributed by atoms with E-state index in [4.69, 9.17) is 17.7 Å². The van der Waals surface area contributed by atoms with Gasteiger partial charge in [0.15, 0.2) is 14.5 Å². The number of aliphatic hydroxyl groups is 1. The van der Waals surface area contributed by atoms with Gasteiger partial charge in [0.2, 0.25) is 0 Å². The Kier molecular flexibility index (Phi) is 13.0. The molecule has 1 saturated heterocycles. The summed E-state index contributed by atoms with van der Waals surface area (Å²) in [5.74, 6) is -0.289. The predicted octanol–water partition coefficient (Wildman–Crippen LogP) is 6.69. The highest BCUT2D eigenvalue weighted by Gasteiger charge is 2.60. The fourth-order valence-electron chi connectivity index (χ4n) is 5.89. The Hall–Kier alpha value is -2.02. The van der Waals surface area contributed by atoms with Crippen molar-refractivity contribution in [2.75, 3.05) is 11.9 Å². The Labute approximate surface area is 290 Å². The second-order valence-electron chi connectivity index (χ2n) is 15.7. The number of nitrogens with zero attached hydrogens (tertiary/aromatic N) is 2. The lowest BCUT2D eigenvalue weighted by Crippen LogP contribution is -2.63. The molecule has 3 N–H and O–H groups in total. The third-order valence-corrected chi connectivity index (χ3v) is 24.2. The highest BCUT2D eigenvalue weighted by molar-refractivity contribution is 6.83. The van der Waals surface area contributed by atoms with Gasteiger partial charge in [0.25, 0.3) is 5.91 Å². The fraction of sp³-hybridized carbons (Fsp3) is 0.676. The maximum Gasteiger partial charge on any atom is 0.351 e. The second-order valence-corrected chi connectivity index (χ2v) is 29.1. The van der Waals surface area contributed by atoms with Gasteiger partial charge in [-0.15, -0.1) is 0 Å². The van der Waals surface area contributed by atoms with E-state index in [1.165, 1.54) is 10.8 Å².